The molecule has 138 valence electrons. The standard InChI is InChI=1S/C17H21N5O3S/c1-21-11-18-20-17(21)12-6-8-22(9-7-12)26(24,25)14-3-4-15-13(10-14)2-5-16(23)19-15/h3-4,10-12H,2,5-9H2,1H3,(H,19,23). The molecule has 9 heteroatoms. The largest absolute Gasteiger partial charge is 0.326 e. The van der Waals surface area contributed by atoms with Crippen molar-refractivity contribution in [2.45, 2.75) is 36.5 Å². The maximum atomic E-state index is 13.0. The zero-order valence-corrected chi connectivity index (χ0v) is 15.4. The van der Waals surface area contributed by atoms with E-state index in [9.17, 15) is 13.2 Å². The number of carbonyl (C=O) groups excluding carboxylic acids is 1. The molecular formula is C17H21N5O3S. The van der Waals surface area contributed by atoms with Crippen molar-refractivity contribution in [1.29, 1.82) is 0 Å². The van der Waals surface area contributed by atoms with Crippen LogP contribution in [0.1, 0.15) is 36.6 Å². The lowest BCUT2D eigenvalue weighted by molar-refractivity contribution is -0.116. The molecule has 0 saturated carbocycles. The molecule has 2 aromatic rings. The van der Waals surface area contributed by atoms with E-state index in [4.69, 9.17) is 0 Å². The van der Waals surface area contributed by atoms with E-state index in [0.717, 1.165) is 24.2 Å². The van der Waals surface area contributed by atoms with Gasteiger partial charge in [-0.15, -0.1) is 10.2 Å². The second-order valence-corrected chi connectivity index (χ2v) is 8.78. The molecule has 0 atom stereocenters. The first-order valence-electron chi connectivity index (χ1n) is 8.72. The van der Waals surface area contributed by atoms with Gasteiger partial charge in [-0.05, 0) is 43.0 Å². The van der Waals surface area contributed by atoms with Gasteiger partial charge < -0.3 is 9.88 Å². The molecule has 0 aliphatic carbocycles. The van der Waals surface area contributed by atoms with Crippen LogP contribution in [-0.4, -0.2) is 46.5 Å². The van der Waals surface area contributed by atoms with Gasteiger partial charge in [-0.25, -0.2) is 8.42 Å². The number of aryl methyl sites for hydroxylation is 2. The summed E-state index contributed by atoms with van der Waals surface area (Å²) in [4.78, 5) is 11.8. The van der Waals surface area contributed by atoms with Crippen LogP contribution in [0.5, 0.6) is 0 Å². The SMILES string of the molecule is Cn1cnnc1C1CCN(S(=O)(=O)c2ccc3c(c2)CCC(=O)N3)CC1. The Bertz CT molecular complexity index is 945. The number of anilines is 1. The highest BCUT2D eigenvalue weighted by molar-refractivity contribution is 7.89. The van der Waals surface area contributed by atoms with E-state index in [0.29, 0.717) is 36.5 Å². The molecule has 26 heavy (non-hydrogen) atoms. The second kappa shape index (κ2) is 6.48. The molecule has 0 spiro atoms. The first kappa shape index (κ1) is 17.2. The maximum Gasteiger partial charge on any atom is 0.243 e. The molecule has 8 nitrogen and oxygen atoms in total. The third-order valence-corrected chi connectivity index (χ3v) is 7.07. The van der Waals surface area contributed by atoms with Crippen molar-refractivity contribution >= 4 is 21.6 Å². The molecule has 1 N–H and O–H groups in total. The van der Waals surface area contributed by atoms with Gasteiger partial charge in [0, 0.05) is 38.2 Å². The van der Waals surface area contributed by atoms with Gasteiger partial charge in [-0.2, -0.15) is 4.31 Å². The summed E-state index contributed by atoms with van der Waals surface area (Å²) >= 11 is 0. The number of fused-ring (bicyclic) bond motifs is 1. The predicted octanol–water partition coefficient (Wildman–Crippen LogP) is 1.27. The number of nitrogens with zero attached hydrogens (tertiary/aromatic N) is 4. The van der Waals surface area contributed by atoms with Gasteiger partial charge in [-0.1, -0.05) is 0 Å². The summed E-state index contributed by atoms with van der Waals surface area (Å²) in [6, 6.07) is 4.96. The summed E-state index contributed by atoms with van der Waals surface area (Å²) in [7, 11) is -1.63. The third kappa shape index (κ3) is 3.01. The maximum absolute atomic E-state index is 13.0. The van der Waals surface area contributed by atoms with Crippen LogP contribution in [0.4, 0.5) is 5.69 Å². The number of rotatable bonds is 3. The Labute approximate surface area is 152 Å². The zero-order chi connectivity index (χ0) is 18.3. The van der Waals surface area contributed by atoms with Crippen LogP contribution in [0.25, 0.3) is 0 Å². The number of aromatic nitrogens is 3. The van der Waals surface area contributed by atoms with Gasteiger partial charge in [0.2, 0.25) is 15.9 Å². The van der Waals surface area contributed by atoms with Crippen LogP contribution in [0, 0.1) is 0 Å². The van der Waals surface area contributed by atoms with Crippen LogP contribution in [0.15, 0.2) is 29.4 Å². The Morgan fingerprint density at radius 2 is 1.96 bits per heavy atom. The number of sulfonamides is 1. The molecule has 1 aromatic heterocycles. The van der Waals surface area contributed by atoms with Gasteiger partial charge >= 0.3 is 0 Å². The van der Waals surface area contributed by atoms with E-state index in [1.807, 2.05) is 11.6 Å². The average molecular weight is 375 g/mol. The lowest BCUT2D eigenvalue weighted by atomic mass is 9.97. The van der Waals surface area contributed by atoms with Crippen LogP contribution in [0.3, 0.4) is 0 Å². The topological polar surface area (TPSA) is 97.2 Å². The van der Waals surface area contributed by atoms with Crippen LogP contribution < -0.4 is 5.32 Å². The minimum absolute atomic E-state index is 0.0287. The van der Waals surface area contributed by atoms with Gasteiger partial charge in [0.25, 0.3) is 0 Å². The molecule has 1 fully saturated rings. The van der Waals surface area contributed by atoms with E-state index >= 15 is 0 Å². The quantitative estimate of drug-likeness (QED) is 0.871. The molecule has 0 radical (unpaired) electrons. The number of piperidine rings is 1. The lowest BCUT2D eigenvalue weighted by Gasteiger charge is -2.31. The van der Waals surface area contributed by atoms with Gasteiger partial charge in [0.15, 0.2) is 0 Å². The number of benzene rings is 1. The molecule has 0 bridgehead atoms. The summed E-state index contributed by atoms with van der Waals surface area (Å²) < 4.78 is 29.4. The molecular weight excluding hydrogens is 354 g/mol. The van der Waals surface area contributed by atoms with Crippen molar-refractivity contribution in [2.24, 2.45) is 7.05 Å². The average Bonchev–Trinajstić information content (AvgIpc) is 3.07. The van der Waals surface area contributed by atoms with Crippen LogP contribution >= 0.6 is 0 Å². The van der Waals surface area contributed by atoms with Crippen LogP contribution in [-0.2, 0) is 28.3 Å². The first-order valence-corrected chi connectivity index (χ1v) is 10.2. The minimum atomic E-state index is -3.53. The monoisotopic (exact) mass is 375 g/mol. The van der Waals surface area contributed by atoms with Crippen molar-refractivity contribution < 1.29 is 13.2 Å². The number of hydrogen-bond acceptors (Lipinski definition) is 5. The molecule has 1 saturated heterocycles. The van der Waals surface area contributed by atoms with E-state index in [-0.39, 0.29) is 11.8 Å². The van der Waals surface area contributed by atoms with E-state index < -0.39 is 10.0 Å². The number of carbonyl (C=O) groups is 1. The highest BCUT2D eigenvalue weighted by atomic mass is 32.2. The Balaban J connectivity index is 1.51. The Morgan fingerprint density at radius 1 is 1.19 bits per heavy atom. The lowest BCUT2D eigenvalue weighted by Crippen LogP contribution is -2.38. The number of amides is 1. The number of nitrogens with one attached hydrogen (secondary N) is 1. The van der Waals surface area contributed by atoms with Gasteiger partial charge in [-0.3, -0.25) is 4.79 Å². The summed E-state index contributed by atoms with van der Waals surface area (Å²) in [6.45, 7) is 0.932. The normalized spacial score (nSPS) is 19.2. The third-order valence-electron chi connectivity index (χ3n) is 5.18. The fraction of sp³-hybridized carbons (Fsp3) is 0.471. The molecule has 1 aromatic carbocycles. The fourth-order valence-electron chi connectivity index (χ4n) is 3.69. The van der Waals surface area contributed by atoms with Crippen molar-refractivity contribution in [3.63, 3.8) is 0 Å². The summed E-state index contributed by atoms with van der Waals surface area (Å²) in [6.07, 6.45) is 4.09. The molecule has 2 aliphatic rings. The van der Waals surface area contributed by atoms with Gasteiger partial charge in [0.1, 0.15) is 12.2 Å². The van der Waals surface area contributed by atoms with Crippen molar-refractivity contribution in [2.75, 3.05) is 18.4 Å². The smallest absolute Gasteiger partial charge is 0.243 e. The van der Waals surface area contributed by atoms with Crippen molar-refractivity contribution in [1.82, 2.24) is 19.1 Å². The summed E-state index contributed by atoms with van der Waals surface area (Å²) in [5.74, 6) is 1.11. The molecule has 1 amide bonds. The minimum Gasteiger partial charge on any atom is -0.326 e. The van der Waals surface area contributed by atoms with Gasteiger partial charge in [0.05, 0.1) is 4.90 Å². The summed E-state index contributed by atoms with van der Waals surface area (Å²) in [5, 5.41) is 10.8. The summed E-state index contributed by atoms with van der Waals surface area (Å²) in [5.41, 5.74) is 1.58. The van der Waals surface area contributed by atoms with Crippen molar-refractivity contribution in [3.05, 3.63) is 35.9 Å². The molecule has 2 aliphatic heterocycles. The van der Waals surface area contributed by atoms with E-state index in [1.165, 1.54) is 0 Å². The molecule has 4 rings (SSSR count). The highest BCUT2D eigenvalue weighted by Gasteiger charge is 2.32. The Hall–Kier alpha value is -2.26. The first-order chi connectivity index (χ1) is 12.4. The zero-order valence-electron chi connectivity index (χ0n) is 14.6. The predicted molar refractivity (Wildman–Crippen MR) is 95.1 cm³/mol. The Morgan fingerprint density at radius 3 is 2.65 bits per heavy atom. The molecule has 0 unspecified atom stereocenters. The Kier molecular flexibility index (Phi) is 4.28. The second-order valence-electron chi connectivity index (χ2n) is 6.85. The fourth-order valence-corrected chi connectivity index (χ4v) is 5.21. The molecule has 3 heterocycles. The van der Waals surface area contributed by atoms with E-state index in [2.05, 4.69) is 15.5 Å². The highest BCUT2D eigenvalue weighted by Crippen LogP contribution is 2.31. The van der Waals surface area contributed by atoms with E-state index in [1.54, 1.807) is 28.8 Å². The van der Waals surface area contributed by atoms with Crippen LogP contribution in [0.2, 0.25) is 0 Å². The van der Waals surface area contributed by atoms with Crippen molar-refractivity contribution in [3.8, 4) is 0 Å². The number of hydrogen-bond donors (Lipinski definition) is 1.